The summed E-state index contributed by atoms with van der Waals surface area (Å²) in [7, 11) is 2.02. The lowest BCUT2D eigenvalue weighted by Gasteiger charge is -2.19. The molecular weight excluding hydrogens is 338 g/mol. The number of hydrogen-bond donors (Lipinski definition) is 1. The van der Waals surface area contributed by atoms with E-state index in [-0.39, 0.29) is 12.5 Å². The van der Waals surface area contributed by atoms with Crippen molar-refractivity contribution in [2.75, 3.05) is 31.6 Å². The molecule has 0 radical (unpaired) electrons. The average molecular weight is 358 g/mol. The fraction of sp³-hybridized carbons (Fsp3) is 0.263. The smallest absolute Gasteiger partial charge is 0.257 e. The van der Waals surface area contributed by atoms with Crippen LogP contribution in [0.3, 0.4) is 0 Å². The Morgan fingerprint density at radius 2 is 2.04 bits per heavy atom. The van der Waals surface area contributed by atoms with E-state index in [4.69, 9.17) is 21.6 Å². The first-order chi connectivity index (χ1) is 12.1. The molecule has 0 heterocycles. The quantitative estimate of drug-likeness (QED) is 0.736. The van der Waals surface area contributed by atoms with Gasteiger partial charge >= 0.3 is 0 Å². The molecule has 0 atom stereocenters. The molecule has 2 aromatic carbocycles. The third kappa shape index (κ3) is 6.02. The second-order valence-electron chi connectivity index (χ2n) is 5.51. The molecule has 6 heteroatoms. The van der Waals surface area contributed by atoms with Gasteiger partial charge in [0.2, 0.25) is 0 Å². The molecular formula is C19H20ClN3O2. The molecule has 0 aliphatic heterocycles. The van der Waals surface area contributed by atoms with Gasteiger partial charge in [-0.15, -0.1) is 0 Å². The number of hydrogen-bond acceptors (Lipinski definition) is 4. The highest BCUT2D eigenvalue weighted by atomic mass is 35.5. The lowest BCUT2D eigenvalue weighted by molar-refractivity contribution is -0.123. The van der Waals surface area contributed by atoms with Gasteiger partial charge in [-0.2, -0.15) is 5.26 Å². The highest BCUT2D eigenvalue weighted by Gasteiger charge is 2.07. The molecule has 130 valence electrons. The monoisotopic (exact) mass is 357 g/mol. The molecule has 25 heavy (non-hydrogen) atoms. The summed E-state index contributed by atoms with van der Waals surface area (Å²) in [6.45, 7) is 1.30. The molecule has 5 nitrogen and oxygen atoms in total. The number of amides is 1. The van der Waals surface area contributed by atoms with Gasteiger partial charge in [-0.25, -0.2) is 0 Å². The van der Waals surface area contributed by atoms with E-state index in [1.54, 1.807) is 12.1 Å². The normalized spacial score (nSPS) is 9.96. The maximum atomic E-state index is 11.8. The summed E-state index contributed by atoms with van der Waals surface area (Å²) in [6.07, 6.45) is 0.828. The molecule has 0 saturated carbocycles. The van der Waals surface area contributed by atoms with Crippen molar-refractivity contribution in [3.63, 3.8) is 0 Å². The lowest BCUT2D eigenvalue weighted by Crippen LogP contribution is -2.31. The van der Waals surface area contributed by atoms with Crippen molar-refractivity contribution < 1.29 is 9.53 Å². The van der Waals surface area contributed by atoms with Crippen molar-refractivity contribution in [2.45, 2.75) is 6.42 Å². The van der Waals surface area contributed by atoms with Crippen LogP contribution in [0.1, 0.15) is 12.0 Å². The molecule has 0 saturated heterocycles. The number of rotatable bonds is 8. The number of nitrogens with one attached hydrogen (secondary N) is 1. The molecule has 0 unspecified atom stereocenters. The molecule has 0 bridgehead atoms. The minimum atomic E-state index is -0.206. The number of carbonyl (C=O) groups is 1. The molecule has 0 aliphatic rings. The topological polar surface area (TPSA) is 65.4 Å². The second-order valence-corrected chi connectivity index (χ2v) is 5.91. The fourth-order valence-electron chi connectivity index (χ4n) is 2.24. The van der Waals surface area contributed by atoms with E-state index in [1.807, 2.05) is 43.4 Å². The van der Waals surface area contributed by atoms with Crippen molar-refractivity contribution in [3.05, 3.63) is 59.1 Å². The predicted molar refractivity (Wildman–Crippen MR) is 99.0 cm³/mol. The Kier molecular flexibility index (Phi) is 7.12. The Bertz CT molecular complexity index is 744. The maximum Gasteiger partial charge on any atom is 0.257 e. The van der Waals surface area contributed by atoms with Crippen molar-refractivity contribution in [3.8, 4) is 11.8 Å². The van der Waals surface area contributed by atoms with Crippen LogP contribution in [0.25, 0.3) is 0 Å². The fourth-order valence-corrected chi connectivity index (χ4v) is 2.47. The minimum absolute atomic E-state index is 0.111. The van der Waals surface area contributed by atoms with Gasteiger partial charge in [0.15, 0.2) is 6.61 Å². The summed E-state index contributed by atoms with van der Waals surface area (Å²) < 4.78 is 5.38. The highest BCUT2D eigenvalue weighted by molar-refractivity contribution is 6.32. The first-order valence-electron chi connectivity index (χ1n) is 7.95. The SMILES string of the molecule is CN(CCCNC(=O)COc1ccc(C#N)cc1Cl)c1ccccc1. The second kappa shape index (κ2) is 9.55. The predicted octanol–water partition coefficient (Wildman–Crippen LogP) is 3.23. The van der Waals surface area contributed by atoms with Crippen molar-refractivity contribution >= 4 is 23.2 Å². The first-order valence-corrected chi connectivity index (χ1v) is 8.33. The molecule has 0 aliphatic carbocycles. The maximum absolute atomic E-state index is 11.8. The first kappa shape index (κ1) is 18.6. The zero-order valence-electron chi connectivity index (χ0n) is 14.0. The summed E-state index contributed by atoms with van der Waals surface area (Å²) in [5, 5.41) is 11.9. The van der Waals surface area contributed by atoms with Crippen LogP contribution in [0.4, 0.5) is 5.69 Å². The van der Waals surface area contributed by atoms with E-state index < -0.39 is 0 Å². The van der Waals surface area contributed by atoms with Crippen molar-refractivity contribution in [2.24, 2.45) is 0 Å². The van der Waals surface area contributed by atoms with E-state index in [0.717, 1.165) is 18.7 Å². The number of nitriles is 1. The molecule has 1 amide bonds. The van der Waals surface area contributed by atoms with Crippen molar-refractivity contribution in [1.82, 2.24) is 5.32 Å². The summed E-state index contributed by atoms with van der Waals surface area (Å²) in [6, 6.07) is 16.8. The zero-order valence-corrected chi connectivity index (χ0v) is 14.8. The van der Waals surface area contributed by atoms with Crippen LogP contribution in [-0.4, -0.2) is 32.7 Å². The van der Waals surface area contributed by atoms with Crippen LogP contribution in [-0.2, 0) is 4.79 Å². The average Bonchev–Trinajstić information content (AvgIpc) is 2.64. The van der Waals surface area contributed by atoms with Crippen LogP contribution < -0.4 is 15.0 Å². The lowest BCUT2D eigenvalue weighted by atomic mass is 10.2. The van der Waals surface area contributed by atoms with E-state index in [1.165, 1.54) is 6.07 Å². The molecule has 2 rings (SSSR count). The Morgan fingerprint density at radius 1 is 1.28 bits per heavy atom. The van der Waals surface area contributed by atoms with Crippen LogP contribution >= 0.6 is 11.6 Å². The van der Waals surface area contributed by atoms with E-state index in [0.29, 0.717) is 22.9 Å². The number of carbonyl (C=O) groups excluding carboxylic acids is 1. The van der Waals surface area contributed by atoms with Crippen LogP contribution in [0.15, 0.2) is 48.5 Å². The van der Waals surface area contributed by atoms with Gasteiger partial charge in [0.1, 0.15) is 5.75 Å². The summed E-state index contributed by atoms with van der Waals surface area (Å²) in [5.74, 6) is 0.183. The Labute approximate surface area is 152 Å². The van der Waals surface area contributed by atoms with Gasteiger partial charge in [-0.05, 0) is 36.8 Å². The van der Waals surface area contributed by atoms with Gasteiger partial charge < -0.3 is 15.0 Å². The summed E-state index contributed by atoms with van der Waals surface area (Å²) in [5.41, 5.74) is 1.59. The number of anilines is 1. The number of benzene rings is 2. The number of nitrogens with zero attached hydrogens (tertiary/aromatic N) is 2. The van der Waals surface area contributed by atoms with Crippen molar-refractivity contribution in [1.29, 1.82) is 5.26 Å². The zero-order chi connectivity index (χ0) is 18.1. The third-order valence-corrected chi connectivity index (χ3v) is 3.90. The Morgan fingerprint density at radius 3 is 2.72 bits per heavy atom. The number of halogens is 1. The molecule has 1 N–H and O–H groups in total. The van der Waals surface area contributed by atoms with Gasteiger partial charge in [0.25, 0.3) is 5.91 Å². The molecule has 0 spiro atoms. The van der Waals surface area contributed by atoms with Gasteiger partial charge in [-0.3, -0.25) is 4.79 Å². The van der Waals surface area contributed by atoms with Crippen LogP contribution in [0.2, 0.25) is 5.02 Å². The number of para-hydroxylation sites is 1. The Hall–Kier alpha value is -2.71. The van der Waals surface area contributed by atoms with E-state index >= 15 is 0 Å². The highest BCUT2D eigenvalue weighted by Crippen LogP contribution is 2.25. The number of ether oxygens (including phenoxy) is 1. The van der Waals surface area contributed by atoms with Crippen LogP contribution in [0, 0.1) is 11.3 Å². The van der Waals surface area contributed by atoms with Crippen LogP contribution in [0.5, 0.6) is 5.75 Å². The molecule has 0 aromatic heterocycles. The molecule has 0 fully saturated rings. The molecule has 2 aromatic rings. The van der Waals surface area contributed by atoms with Gasteiger partial charge in [0.05, 0.1) is 16.7 Å². The Balaban J connectivity index is 1.67. The van der Waals surface area contributed by atoms with Gasteiger partial charge in [-0.1, -0.05) is 29.8 Å². The van der Waals surface area contributed by atoms with E-state index in [9.17, 15) is 4.79 Å². The standard InChI is InChI=1S/C19H20ClN3O2/c1-23(16-6-3-2-4-7-16)11-5-10-22-19(24)14-25-18-9-8-15(13-21)12-17(18)20/h2-4,6-9,12H,5,10-11,14H2,1H3,(H,22,24). The largest absolute Gasteiger partial charge is 0.482 e. The third-order valence-electron chi connectivity index (χ3n) is 3.61. The summed E-state index contributed by atoms with van der Waals surface area (Å²) >= 11 is 6.00. The minimum Gasteiger partial charge on any atom is -0.482 e. The summed E-state index contributed by atoms with van der Waals surface area (Å²) in [4.78, 5) is 14.0. The van der Waals surface area contributed by atoms with Gasteiger partial charge in [0, 0.05) is 25.8 Å². The van der Waals surface area contributed by atoms with E-state index in [2.05, 4.69) is 10.2 Å².